The van der Waals surface area contributed by atoms with Gasteiger partial charge in [-0.2, -0.15) is 5.10 Å². The van der Waals surface area contributed by atoms with Crippen LogP contribution in [0.15, 0.2) is 67.3 Å². The summed E-state index contributed by atoms with van der Waals surface area (Å²) in [7, 11) is -1.55. The molecule has 0 radical (unpaired) electrons. The predicted molar refractivity (Wildman–Crippen MR) is 129 cm³/mol. The molecule has 0 spiro atoms. The molecular weight excluding hydrogens is 472 g/mol. The number of imidazole rings is 1. The number of sulfone groups is 1. The van der Waals surface area contributed by atoms with Gasteiger partial charge in [-0.1, -0.05) is 6.92 Å². The topological polar surface area (TPSA) is 82.1 Å². The van der Waals surface area contributed by atoms with Crippen LogP contribution in [0.1, 0.15) is 12.6 Å². The van der Waals surface area contributed by atoms with Crippen molar-refractivity contribution < 1.29 is 17.2 Å². The minimum atomic E-state index is -3.40. The van der Waals surface area contributed by atoms with Gasteiger partial charge < -0.3 is 0 Å². The van der Waals surface area contributed by atoms with E-state index in [0.717, 1.165) is 23.3 Å². The van der Waals surface area contributed by atoms with Crippen molar-refractivity contribution in [3.63, 3.8) is 0 Å². The van der Waals surface area contributed by atoms with E-state index in [1.165, 1.54) is 6.07 Å². The second kappa shape index (κ2) is 8.70. The van der Waals surface area contributed by atoms with E-state index in [0.29, 0.717) is 16.9 Å². The smallest absolute Gasteiger partial charge is 0.155 e. The molecule has 0 saturated carbocycles. The molecule has 0 aliphatic carbocycles. The molecule has 5 rings (SSSR count). The van der Waals surface area contributed by atoms with Gasteiger partial charge in [-0.15, -0.1) is 0 Å². The van der Waals surface area contributed by atoms with Crippen molar-refractivity contribution in [2.24, 2.45) is 7.05 Å². The van der Waals surface area contributed by atoms with Crippen LogP contribution >= 0.6 is 0 Å². The Balaban J connectivity index is 1.65. The molecule has 0 N–H and O–H groups in total. The van der Waals surface area contributed by atoms with Crippen LogP contribution in [0.5, 0.6) is 0 Å². The zero-order valence-corrected chi connectivity index (χ0v) is 19.8. The highest BCUT2D eigenvalue weighted by atomic mass is 32.2. The minimum absolute atomic E-state index is 0.0497. The molecule has 1 aromatic carbocycles. The zero-order valence-electron chi connectivity index (χ0n) is 19.0. The number of aromatic nitrogens is 5. The maximum atomic E-state index is 14.6. The highest BCUT2D eigenvalue weighted by Gasteiger charge is 2.17. The lowest BCUT2D eigenvalue weighted by atomic mass is 10.1. The van der Waals surface area contributed by atoms with Gasteiger partial charge >= 0.3 is 0 Å². The van der Waals surface area contributed by atoms with Crippen molar-refractivity contribution in [3.8, 4) is 33.6 Å². The van der Waals surface area contributed by atoms with Crippen LogP contribution < -0.4 is 0 Å². The quantitative estimate of drug-likeness (QED) is 0.343. The van der Waals surface area contributed by atoms with Gasteiger partial charge in [-0.05, 0) is 42.0 Å². The molecule has 5 aromatic rings. The molecule has 0 bridgehead atoms. The van der Waals surface area contributed by atoms with Crippen LogP contribution in [0.3, 0.4) is 0 Å². The molecular formula is C25H21F2N5O2S. The first-order valence-electron chi connectivity index (χ1n) is 10.9. The van der Waals surface area contributed by atoms with Crippen molar-refractivity contribution in [2.75, 3.05) is 5.75 Å². The predicted octanol–water partition coefficient (Wildman–Crippen LogP) is 4.68. The summed E-state index contributed by atoms with van der Waals surface area (Å²) in [5.41, 5.74) is 4.42. The zero-order chi connectivity index (χ0) is 24.7. The molecule has 7 nitrogen and oxygen atoms in total. The number of rotatable bonds is 6. The van der Waals surface area contributed by atoms with Gasteiger partial charge in [0.2, 0.25) is 0 Å². The molecule has 10 heteroatoms. The van der Waals surface area contributed by atoms with Gasteiger partial charge in [0.15, 0.2) is 9.84 Å². The van der Waals surface area contributed by atoms with Crippen molar-refractivity contribution in [2.45, 2.75) is 12.7 Å². The fourth-order valence-corrected chi connectivity index (χ4v) is 4.72. The SMILES string of the molecule is CCS(=O)(=O)Cc1cc(-c2cnc3cc(-c4cnn(C)c4)ccn23)cc(-c2ccc(F)cc2F)n1. The number of fused-ring (bicyclic) bond motifs is 1. The Bertz CT molecular complexity index is 1670. The lowest BCUT2D eigenvalue weighted by Crippen LogP contribution is -2.09. The van der Waals surface area contributed by atoms with E-state index in [1.54, 1.807) is 36.1 Å². The Labute approximate surface area is 200 Å². The largest absolute Gasteiger partial charge is 0.300 e. The van der Waals surface area contributed by atoms with Gasteiger partial charge in [-0.25, -0.2) is 22.2 Å². The number of halogens is 2. The number of aryl methyl sites for hydroxylation is 1. The second-order valence-electron chi connectivity index (χ2n) is 8.22. The summed E-state index contributed by atoms with van der Waals surface area (Å²) in [4.78, 5) is 8.91. The average molecular weight is 494 g/mol. The second-order valence-corrected chi connectivity index (χ2v) is 10.6. The third-order valence-electron chi connectivity index (χ3n) is 5.74. The van der Waals surface area contributed by atoms with E-state index in [-0.39, 0.29) is 28.5 Å². The molecule has 35 heavy (non-hydrogen) atoms. The first-order chi connectivity index (χ1) is 16.7. The maximum Gasteiger partial charge on any atom is 0.155 e. The molecule has 0 fully saturated rings. The first kappa shape index (κ1) is 22.9. The van der Waals surface area contributed by atoms with Crippen LogP contribution in [0, 0.1) is 11.6 Å². The fraction of sp³-hybridized carbons (Fsp3) is 0.160. The Kier molecular flexibility index (Phi) is 5.68. The molecule has 4 aromatic heterocycles. The van der Waals surface area contributed by atoms with Crippen LogP contribution in [0.25, 0.3) is 39.3 Å². The lowest BCUT2D eigenvalue weighted by Gasteiger charge is -2.11. The van der Waals surface area contributed by atoms with E-state index < -0.39 is 21.5 Å². The summed E-state index contributed by atoms with van der Waals surface area (Å²) >= 11 is 0. The number of hydrogen-bond acceptors (Lipinski definition) is 5. The molecule has 0 amide bonds. The minimum Gasteiger partial charge on any atom is -0.300 e. The van der Waals surface area contributed by atoms with E-state index in [9.17, 15) is 17.2 Å². The average Bonchev–Trinajstić information content (AvgIpc) is 3.44. The molecule has 4 heterocycles. The maximum absolute atomic E-state index is 14.6. The number of nitrogens with zero attached hydrogens (tertiary/aromatic N) is 5. The van der Waals surface area contributed by atoms with Crippen molar-refractivity contribution in [1.29, 1.82) is 0 Å². The van der Waals surface area contributed by atoms with Crippen molar-refractivity contribution in [1.82, 2.24) is 24.1 Å². The Hall–Kier alpha value is -3.92. The third-order valence-corrected chi connectivity index (χ3v) is 7.36. The van der Waals surface area contributed by atoms with Crippen molar-refractivity contribution in [3.05, 3.63) is 84.6 Å². The Morgan fingerprint density at radius 3 is 2.51 bits per heavy atom. The summed E-state index contributed by atoms with van der Waals surface area (Å²) in [6, 6.07) is 10.4. The molecule has 0 atom stereocenters. The van der Waals surface area contributed by atoms with Gasteiger partial charge in [0.05, 0.1) is 35.2 Å². The van der Waals surface area contributed by atoms with E-state index in [1.807, 2.05) is 36.0 Å². The summed E-state index contributed by atoms with van der Waals surface area (Å²) in [6.07, 6.45) is 7.20. The summed E-state index contributed by atoms with van der Waals surface area (Å²) in [6.45, 7) is 1.56. The van der Waals surface area contributed by atoms with Crippen LogP contribution in [-0.2, 0) is 22.6 Å². The fourth-order valence-electron chi connectivity index (χ4n) is 3.92. The van der Waals surface area contributed by atoms with Gasteiger partial charge in [0.1, 0.15) is 17.3 Å². The van der Waals surface area contributed by atoms with Crippen LogP contribution in [-0.4, -0.2) is 38.3 Å². The molecule has 0 aliphatic heterocycles. The standard InChI is InChI=1S/C25H21F2N5O2S/c1-3-35(33,34)15-20-8-17(9-23(30-20)21-5-4-19(26)11-22(21)27)24-13-28-25-10-16(6-7-32(24)25)18-12-29-31(2)14-18/h4-14H,3,15H2,1-2H3. The summed E-state index contributed by atoms with van der Waals surface area (Å²) < 4.78 is 56.3. The number of benzene rings is 1. The van der Waals surface area contributed by atoms with Gasteiger partial charge in [0.25, 0.3) is 0 Å². The third kappa shape index (κ3) is 4.57. The number of pyridine rings is 2. The highest BCUT2D eigenvalue weighted by Crippen LogP contribution is 2.30. The van der Waals surface area contributed by atoms with E-state index >= 15 is 0 Å². The van der Waals surface area contributed by atoms with Crippen LogP contribution in [0.4, 0.5) is 8.78 Å². The Morgan fingerprint density at radius 1 is 0.971 bits per heavy atom. The summed E-state index contributed by atoms with van der Waals surface area (Å²) in [5, 5.41) is 4.20. The van der Waals surface area contributed by atoms with Crippen LogP contribution in [0.2, 0.25) is 0 Å². The summed E-state index contributed by atoms with van der Waals surface area (Å²) in [5.74, 6) is -1.83. The van der Waals surface area contributed by atoms with Gasteiger partial charge in [-0.3, -0.25) is 14.1 Å². The number of hydrogen-bond donors (Lipinski definition) is 0. The van der Waals surface area contributed by atoms with E-state index in [4.69, 9.17) is 0 Å². The monoisotopic (exact) mass is 493 g/mol. The lowest BCUT2D eigenvalue weighted by molar-refractivity contribution is 0.585. The van der Waals surface area contributed by atoms with Crippen molar-refractivity contribution >= 4 is 15.5 Å². The van der Waals surface area contributed by atoms with E-state index in [2.05, 4.69) is 15.1 Å². The normalized spacial score (nSPS) is 11.9. The molecule has 0 aliphatic rings. The first-order valence-corrected chi connectivity index (χ1v) is 12.7. The van der Waals surface area contributed by atoms with Gasteiger partial charge in [0, 0.05) is 48.0 Å². The highest BCUT2D eigenvalue weighted by molar-refractivity contribution is 7.90. The molecule has 0 unspecified atom stereocenters. The molecule has 178 valence electrons. The molecule has 0 saturated heterocycles. The Morgan fingerprint density at radius 2 is 1.80 bits per heavy atom.